The molecule has 0 radical (unpaired) electrons. The van der Waals surface area contributed by atoms with Gasteiger partial charge in [0.2, 0.25) is 5.91 Å². The van der Waals surface area contributed by atoms with E-state index in [-0.39, 0.29) is 0 Å². The van der Waals surface area contributed by atoms with E-state index in [1.807, 2.05) is 0 Å². The van der Waals surface area contributed by atoms with Crippen molar-refractivity contribution in [2.24, 2.45) is 0 Å². The molecule has 1 amide bonds. The summed E-state index contributed by atoms with van der Waals surface area (Å²) < 4.78 is 10.0. The zero-order chi connectivity index (χ0) is 14.6. The molecule has 0 saturated carbocycles. The van der Waals surface area contributed by atoms with Crippen molar-refractivity contribution >= 4 is 11.9 Å². The summed E-state index contributed by atoms with van der Waals surface area (Å²) in [5.41, 5.74) is 0. The van der Waals surface area contributed by atoms with Crippen molar-refractivity contribution < 1.29 is 39.5 Å². The molecule has 0 aliphatic carbocycles. The Morgan fingerprint density at radius 1 is 1.32 bits per heavy atom. The molecule has 0 aromatic carbocycles. The number of hydrogen-bond acceptors (Lipinski definition) is 7. The summed E-state index contributed by atoms with van der Waals surface area (Å²) in [6, 6.07) is -1.13. The van der Waals surface area contributed by atoms with Gasteiger partial charge < -0.3 is 35.2 Å². The number of carboxylic acid groups (broad SMARTS) is 1. The van der Waals surface area contributed by atoms with Crippen LogP contribution in [0.1, 0.15) is 6.92 Å². The number of aliphatic carboxylic acids is 1. The lowest BCUT2D eigenvalue weighted by atomic mass is 9.97. The Hall–Kier alpha value is -1.26. The monoisotopic (exact) mass is 279 g/mol. The van der Waals surface area contributed by atoms with E-state index in [2.05, 4.69) is 5.32 Å². The molecule has 0 bridgehead atoms. The van der Waals surface area contributed by atoms with Crippen molar-refractivity contribution in [1.29, 1.82) is 0 Å². The second-order valence-electron chi connectivity index (χ2n) is 4.14. The van der Waals surface area contributed by atoms with Crippen LogP contribution in [0.3, 0.4) is 0 Å². The van der Waals surface area contributed by atoms with E-state index in [0.717, 1.165) is 0 Å². The molecule has 9 heteroatoms. The number of amides is 1. The Kier molecular flexibility index (Phi) is 5.63. The highest BCUT2D eigenvalue weighted by Crippen LogP contribution is 2.22. The predicted molar refractivity (Wildman–Crippen MR) is 59.0 cm³/mol. The highest BCUT2D eigenvalue weighted by molar-refractivity contribution is 5.73. The SMILES string of the molecule is CC(=O)N[C@@H]1[C@H](OCC(=O)O)O[C@H](CO)[C@@H](O)[C@@H]1O. The van der Waals surface area contributed by atoms with Gasteiger partial charge in [0.25, 0.3) is 0 Å². The topological polar surface area (TPSA) is 146 Å². The summed E-state index contributed by atoms with van der Waals surface area (Å²) in [7, 11) is 0. The molecule has 19 heavy (non-hydrogen) atoms. The van der Waals surface area contributed by atoms with Gasteiger partial charge in [0.05, 0.1) is 6.61 Å². The lowest BCUT2D eigenvalue weighted by Crippen LogP contribution is -2.64. The second kappa shape index (κ2) is 6.78. The fourth-order valence-electron chi connectivity index (χ4n) is 1.77. The van der Waals surface area contributed by atoms with E-state index in [9.17, 15) is 19.8 Å². The Bertz CT molecular complexity index is 335. The van der Waals surface area contributed by atoms with E-state index < -0.39 is 55.7 Å². The summed E-state index contributed by atoms with van der Waals surface area (Å²) in [6.45, 7) is -0.106. The lowest BCUT2D eigenvalue weighted by molar-refractivity contribution is -0.269. The van der Waals surface area contributed by atoms with E-state index in [0.29, 0.717) is 0 Å². The zero-order valence-electron chi connectivity index (χ0n) is 10.2. The van der Waals surface area contributed by atoms with Crippen LogP contribution in [-0.4, -0.2) is 76.2 Å². The third kappa shape index (κ3) is 4.11. The minimum Gasteiger partial charge on any atom is -0.480 e. The number of nitrogens with one attached hydrogen (secondary N) is 1. The van der Waals surface area contributed by atoms with E-state index in [4.69, 9.17) is 19.7 Å². The van der Waals surface area contributed by atoms with Crippen LogP contribution < -0.4 is 5.32 Å². The molecule has 110 valence electrons. The average molecular weight is 279 g/mol. The molecular formula is C10H17NO8. The molecule has 0 aromatic heterocycles. The number of hydrogen-bond donors (Lipinski definition) is 5. The van der Waals surface area contributed by atoms with Crippen LogP contribution >= 0.6 is 0 Å². The first kappa shape index (κ1) is 15.8. The molecule has 1 fully saturated rings. The fourth-order valence-corrected chi connectivity index (χ4v) is 1.77. The van der Waals surface area contributed by atoms with Gasteiger partial charge in [-0.2, -0.15) is 0 Å². The van der Waals surface area contributed by atoms with Gasteiger partial charge in [0.1, 0.15) is 31.0 Å². The molecule has 5 atom stereocenters. The van der Waals surface area contributed by atoms with Crippen LogP contribution in [0.5, 0.6) is 0 Å². The maximum atomic E-state index is 11.0. The van der Waals surface area contributed by atoms with Crippen molar-refractivity contribution in [3.8, 4) is 0 Å². The van der Waals surface area contributed by atoms with Crippen LogP contribution in [0.25, 0.3) is 0 Å². The van der Waals surface area contributed by atoms with Crippen LogP contribution in [0.15, 0.2) is 0 Å². The van der Waals surface area contributed by atoms with E-state index in [1.54, 1.807) is 0 Å². The van der Waals surface area contributed by atoms with Crippen molar-refractivity contribution in [3.05, 3.63) is 0 Å². The minimum absolute atomic E-state index is 0.508. The summed E-state index contributed by atoms with van der Waals surface area (Å²) >= 11 is 0. The van der Waals surface area contributed by atoms with Crippen molar-refractivity contribution in [2.45, 2.75) is 37.6 Å². The third-order valence-corrected chi connectivity index (χ3v) is 2.62. The summed E-state index contributed by atoms with van der Waals surface area (Å²) in [5, 5.41) is 39.3. The Labute approximate surface area is 108 Å². The van der Waals surface area contributed by atoms with Gasteiger partial charge in [-0.3, -0.25) is 4.79 Å². The Morgan fingerprint density at radius 3 is 2.42 bits per heavy atom. The Balaban J connectivity index is 2.79. The lowest BCUT2D eigenvalue weighted by Gasteiger charge is -2.41. The number of aliphatic hydroxyl groups is 3. The molecule has 1 aliphatic heterocycles. The van der Waals surface area contributed by atoms with E-state index >= 15 is 0 Å². The number of carbonyl (C=O) groups is 2. The summed E-state index contributed by atoms with van der Waals surface area (Å²) in [6.07, 6.45) is -5.28. The maximum absolute atomic E-state index is 11.0. The first-order valence-electron chi connectivity index (χ1n) is 5.59. The van der Waals surface area contributed by atoms with Crippen LogP contribution in [-0.2, 0) is 19.1 Å². The Morgan fingerprint density at radius 2 is 1.95 bits per heavy atom. The molecule has 1 heterocycles. The molecule has 9 nitrogen and oxygen atoms in total. The first-order valence-corrected chi connectivity index (χ1v) is 5.59. The largest absolute Gasteiger partial charge is 0.480 e. The highest BCUT2D eigenvalue weighted by atomic mass is 16.7. The number of ether oxygens (including phenoxy) is 2. The predicted octanol–water partition coefficient (Wildman–Crippen LogP) is -2.97. The normalized spacial score (nSPS) is 34.8. The van der Waals surface area contributed by atoms with Crippen molar-refractivity contribution in [3.63, 3.8) is 0 Å². The van der Waals surface area contributed by atoms with Crippen molar-refractivity contribution in [2.75, 3.05) is 13.2 Å². The molecule has 1 rings (SSSR count). The average Bonchev–Trinajstić information content (AvgIpc) is 2.33. The molecule has 1 aliphatic rings. The van der Waals surface area contributed by atoms with Crippen molar-refractivity contribution in [1.82, 2.24) is 5.32 Å². The van der Waals surface area contributed by atoms with Gasteiger partial charge in [-0.1, -0.05) is 0 Å². The van der Waals surface area contributed by atoms with Crippen LogP contribution in [0.4, 0.5) is 0 Å². The van der Waals surface area contributed by atoms with Gasteiger partial charge in [-0.15, -0.1) is 0 Å². The van der Waals surface area contributed by atoms with E-state index in [1.165, 1.54) is 6.92 Å². The molecule has 0 aromatic rings. The van der Waals surface area contributed by atoms with Crippen LogP contribution in [0, 0.1) is 0 Å². The number of rotatable bonds is 5. The highest BCUT2D eigenvalue weighted by Gasteiger charge is 2.45. The third-order valence-electron chi connectivity index (χ3n) is 2.62. The first-order chi connectivity index (χ1) is 8.86. The molecule has 0 unspecified atom stereocenters. The zero-order valence-corrected chi connectivity index (χ0v) is 10.2. The minimum atomic E-state index is -1.45. The molecule has 1 saturated heterocycles. The fraction of sp³-hybridized carbons (Fsp3) is 0.800. The van der Waals surface area contributed by atoms with Gasteiger partial charge in [0, 0.05) is 6.92 Å². The molecule has 0 spiro atoms. The maximum Gasteiger partial charge on any atom is 0.329 e. The standard InChI is InChI=1S/C10H17NO8/c1-4(13)11-7-9(17)8(16)5(2-12)19-10(7)18-3-6(14)15/h5,7-10,12,16-17H,2-3H2,1H3,(H,11,13)(H,14,15)/t5-,7+,8-,9-,10-/m1/s1. The smallest absolute Gasteiger partial charge is 0.329 e. The summed E-state index contributed by atoms with van der Waals surface area (Å²) in [5.74, 6) is -1.77. The molecular weight excluding hydrogens is 262 g/mol. The second-order valence-corrected chi connectivity index (χ2v) is 4.14. The quantitative estimate of drug-likeness (QED) is 0.358. The van der Waals surface area contributed by atoms with Gasteiger partial charge in [-0.05, 0) is 0 Å². The van der Waals surface area contributed by atoms with Gasteiger partial charge in [0.15, 0.2) is 6.29 Å². The number of carbonyl (C=O) groups excluding carboxylic acids is 1. The number of aliphatic hydroxyl groups excluding tert-OH is 3. The summed E-state index contributed by atoms with van der Waals surface area (Å²) in [4.78, 5) is 21.5. The van der Waals surface area contributed by atoms with Gasteiger partial charge in [-0.25, -0.2) is 4.79 Å². The van der Waals surface area contributed by atoms with Crippen LogP contribution in [0.2, 0.25) is 0 Å². The molecule has 5 N–H and O–H groups in total. The van der Waals surface area contributed by atoms with Gasteiger partial charge >= 0.3 is 5.97 Å². The number of carboxylic acids is 1.